The van der Waals surface area contributed by atoms with Crippen molar-refractivity contribution in [3.63, 3.8) is 0 Å². The van der Waals surface area contributed by atoms with Crippen molar-refractivity contribution in [2.45, 2.75) is 13.0 Å². The van der Waals surface area contributed by atoms with Gasteiger partial charge in [0.25, 0.3) is 0 Å². The molecular formula is C15H14BrClFN. The Morgan fingerprint density at radius 2 is 2.00 bits per heavy atom. The van der Waals surface area contributed by atoms with Crippen molar-refractivity contribution in [3.05, 3.63) is 68.4 Å². The molecule has 0 heterocycles. The third-order valence-corrected chi connectivity index (χ3v) is 3.81. The molecule has 2 aromatic carbocycles. The average molecular weight is 343 g/mol. The van der Waals surface area contributed by atoms with Crippen molar-refractivity contribution in [1.82, 2.24) is 5.32 Å². The second kappa shape index (κ2) is 6.04. The Morgan fingerprint density at radius 1 is 1.26 bits per heavy atom. The quantitative estimate of drug-likeness (QED) is 0.840. The highest BCUT2D eigenvalue weighted by molar-refractivity contribution is 9.10. The van der Waals surface area contributed by atoms with Crippen molar-refractivity contribution in [2.75, 3.05) is 7.05 Å². The lowest BCUT2D eigenvalue weighted by molar-refractivity contribution is 0.571. The summed E-state index contributed by atoms with van der Waals surface area (Å²) in [5, 5.41) is 3.80. The first-order valence-electron chi connectivity index (χ1n) is 5.91. The molecular weight excluding hydrogens is 329 g/mol. The Balaban J connectivity index is 2.53. The van der Waals surface area contributed by atoms with Gasteiger partial charge in [-0.25, -0.2) is 4.39 Å². The number of aryl methyl sites for hydroxylation is 1. The van der Waals surface area contributed by atoms with Crippen LogP contribution in [0.4, 0.5) is 4.39 Å². The van der Waals surface area contributed by atoms with Crippen LogP contribution in [0.5, 0.6) is 0 Å². The molecule has 0 saturated carbocycles. The molecule has 0 bridgehead atoms. The molecule has 0 radical (unpaired) electrons. The highest BCUT2D eigenvalue weighted by Crippen LogP contribution is 2.30. The first-order chi connectivity index (χ1) is 9.02. The molecule has 100 valence electrons. The fourth-order valence-electron chi connectivity index (χ4n) is 2.18. The SMILES string of the molecule is CNC(c1cc(C)cc(Cl)c1)c1cccc(Br)c1F. The molecule has 0 aliphatic rings. The second-order valence-electron chi connectivity index (χ2n) is 4.43. The minimum absolute atomic E-state index is 0.227. The minimum atomic E-state index is -0.250. The molecule has 1 N–H and O–H groups in total. The van der Waals surface area contributed by atoms with Gasteiger partial charge in [0.05, 0.1) is 10.5 Å². The summed E-state index contributed by atoms with van der Waals surface area (Å²) in [5.41, 5.74) is 2.60. The van der Waals surface area contributed by atoms with Crippen LogP contribution in [0.3, 0.4) is 0 Å². The summed E-state index contributed by atoms with van der Waals surface area (Å²) in [6.45, 7) is 1.97. The average Bonchev–Trinajstić information content (AvgIpc) is 2.34. The minimum Gasteiger partial charge on any atom is -0.309 e. The predicted octanol–water partition coefficient (Wildman–Crippen LogP) is 4.86. The van der Waals surface area contributed by atoms with Crippen LogP contribution >= 0.6 is 27.5 Å². The molecule has 2 rings (SSSR count). The molecule has 2 aromatic rings. The summed E-state index contributed by atoms with van der Waals surface area (Å²) in [4.78, 5) is 0. The van der Waals surface area contributed by atoms with Crippen LogP contribution in [0.15, 0.2) is 40.9 Å². The normalized spacial score (nSPS) is 12.5. The third kappa shape index (κ3) is 3.16. The molecule has 1 atom stereocenters. The molecule has 0 aromatic heterocycles. The number of rotatable bonds is 3. The Labute approximate surface area is 125 Å². The van der Waals surface area contributed by atoms with Gasteiger partial charge in [-0.3, -0.25) is 0 Å². The molecule has 0 saturated heterocycles. The van der Waals surface area contributed by atoms with E-state index in [-0.39, 0.29) is 11.9 Å². The Bertz CT molecular complexity index is 580. The zero-order valence-electron chi connectivity index (χ0n) is 10.7. The third-order valence-electron chi connectivity index (χ3n) is 2.98. The van der Waals surface area contributed by atoms with Gasteiger partial charge in [-0.2, -0.15) is 0 Å². The Hall–Kier alpha value is -0.900. The van der Waals surface area contributed by atoms with E-state index in [1.165, 1.54) is 0 Å². The lowest BCUT2D eigenvalue weighted by atomic mass is 9.97. The van der Waals surface area contributed by atoms with Crippen LogP contribution in [0.25, 0.3) is 0 Å². The number of halogens is 3. The summed E-state index contributed by atoms with van der Waals surface area (Å²) in [6.07, 6.45) is 0. The maximum atomic E-state index is 14.2. The Morgan fingerprint density at radius 3 is 2.63 bits per heavy atom. The molecule has 0 amide bonds. The van der Waals surface area contributed by atoms with E-state index in [0.29, 0.717) is 15.1 Å². The molecule has 0 aliphatic heterocycles. The van der Waals surface area contributed by atoms with E-state index in [9.17, 15) is 4.39 Å². The van der Waals surface area contributed by atoms with E-state index < -0.39 is 0 Å². The Kier molecular flexibility index (Phi) is 4.61. The molecule has 0 spiro atoms. The fraction of sp³-hybridized carbons (Fsp3) is 0.200. The standard InChI is InChI=1S/C15H14BrClFN/c1-9-6-10(8-11(17)7-9)15(19-2)12-4-3-5-13(16)14(12)18/h3-8,15,19H,1-2H3. The van der Waals surface area contributed by atoms with Gasteiger partial charge in [0, 0.05) is 10.6 Å². The fourth-order valence-corrected chi connectivity index (χ4v) is 2.86. The number of hydrogen-bond donors (Lipinski definition) is 1. The molecule has 19 heavy (non-hydrogen) atoms. The summed E-state index contributed by atoms with van der Waals surface area (Å²) in [7, 11) is 1.81. The monoisotopic (exact) mass is 341 g/mol. The van der Waals surface area contributed by atoms with Gasteiger partial charge in [0.15, 0.2) is 0 Å². The van der Waals surface area contributed by atoms with Crippen molar-refractivity contribution in [1.29, 1.82) is 0 Å². The lowest BCUT2D eigenvalue weighted by Gasteiger charge is -2.19. The van der Waals surface area contributed by atoms with Crippen molar-refractivity contribution < 1.29 is 4.39 Å². The molecule has 4 heteroatoms. The topological polar surface area (TPSA) is 12.0 Å². The van der Waals surface area contributed by atoms with Gasteiger partial charge in [0.1, 0.15) is 5.82 Å². The lowest BCUT2D eigenvalue weighted by Crippen LogP contribution is -2.19. The van der Waals surface area contributed by atoms with Crippen LogP contribution < -0.4 is 5.32 Å². The van der Waals surface area contributed by atoms with Gasteiger partial charge in [-0.1, -0.05) is 29.8 Å². The maximum absolute atomic E-state index is 14.2. The van der Waals surface area contributed by atoms with Gasteiger partial charge < -0.3 is 5.32 Å². The summed E-state index contributed by atoms with van der Waals surface area (Å²) >= 11 is 9.30. The zero-order chi connectivity index (χ0) is 14.0. The summed E-state index contributed by atoms with van der Waals surface area (Å²) in [6, 6.07) is 10.8. The van der Waals surface area contributed by atoms with Gasteiger partial charge in [-0.05, 0) is 59.2 Å². The summed E-state index contributed by atoms with van der Waals surface area (Å²) < 4.78 is 14.7. The second-order valence-corrected chi connectivity index (χ2v) is 5.72. The van der Waals surface area contributed by atoms with E-state index in [0.717, 1.165) is 11.1 Å². The first kappa shape index (κ1) is 14.5. The van der Waals surface area contributed by atoms with Crippen LogP contribution in [0, 0.1) is 12.7 Å². The van der Waals surface area contributed by atoms with Crippen molar-refractivity contribution in [3.8, 4) is 0 Å². The van der Waals surface area contributed by atoms with Gasteiger partial charge >= 0.3 is 0 Å². The number of hydrogen-bond acceptors (Lipinski definition) is 1. The largest absolute Gasteiger partial charge is 0.309 e. The highest BCUT2D eigenvalue weighted by atomic mass is 79.9. The molecule has 1 unspecified atom stereocenters. The van der Waals surface area contributed by atoms with Crippen LogP contribution in [-0.4, -0.2) is 7.05 Å². The smallest absolute Gasteiger partial charge is 0.142 e. The highest BCUT2D eigenvalue weighted by Gasteiger charge is 2.18. The van der Waals surface area contributed by atoms with E-state index in [1.807, 2.05) is 31.2 Å². The molecule has 0 fully saturated rings. The van der Waals surface area contributed by atoms with E-state index in [4.69, 9.17) is 11.6 Å². The molecule has 0 aliphatic carbocycles. The maximum Gasteiger partial charge on any atom is 0.142 e. The predicted molar refractivity (Wildman–Crippen MR) is 81.2 cm³/mol. The van der Waals surface area contributed by atoms with Crippen molar-refractivity contribution in [2.24, 2.45) is 0 Å². The van der Waals surface area contributed by atoms with Crippen LogP contribution in [0.1, 0.15) is 22.7 Å². The van der Waals surface area contributed by atoms with E-state index in [2.05, 4.69) is 21.2 Å². The van der Waals surface area contributed by atoms with Crippen LogP contribution in [0.2, 0.25) is 5.02 Å². The van der Waals surface area contributed by atoms with E-state index in [1.54, 1.807) is 19.2 Å². The van der Waals surface area contributed by atoms with Crippen LogP contribution in [-0.2, 0) is 0 Å². The number of benzene rings is 2. The molecule has 1 nitrogen and oxygen atoms in total. The van der Waals surface area contributed by atoms with Gasteiger partial charge in [0.2, 0.25) is 0 Å². The van der Waals surface area contributed by atoms with E-state index >= 15 is 0 Å². The first-order valence-corrected chi connectivity index (χ1v) is 7.08. The van der Waals surface area contributed by atoms with Crippen molar-refractivity contribution >= 4 is 27.5 Å². The van der Waals surface area contributed by atoms with Gasteiger partial charge in [-0.15, -0.1) is 0 Å². The zero-order valence-corrected chi connectivity index (χ0v) is 13.0. The summed E-state index contributed by atoms with van der Waals surface area (Å²) in [5.74, 6) is -0.250. The number of nitrogens with one attached hydrogen (secondary N) is 1.